The van der Waals surface area contributed by atoms with Crippen LogP contribution in [-0.4, -0.2) is 74.1 Å². The van der Waals surface area contributed by atoms with E-state index < -0.39 is 0 Å². The van der Waals surface area contributed by atoms with E-state index in [-0.39, 0.29) is 17.7 Å². The molecule has 0 spiro atoms. The molecule has 3 heterocycles. The van der Waals surface area contributed by atoms with Crippen molar-refractivity contribution in [1.82, 2.24) is 15.1 Å². The fourth-order valence-electron chi connectivity index (χ4n) is 4.18. The number of nitrogens with one attached hydrogen (secondary N) is 1. The Balaban J connectivity index is 1.48. The van der Waals surface area contributed by atoms with E-state index in [1.54, 1.807) is 19.4 Å². The number of carbonyl (C=O) groups excluding carboxylic acids is 2. The molecule has 150 valence electrons. The molecule has 7 heteroatoms. The number of rotatable bonds is 6. The van der Waals surface area contributed by atoms with Crippen LogP contribution in [0.15, 0.2) is 16.7 Å². The largest absolute Gasteiger partial charge is 0.469 e. The molecule has 27 heavy (non-hydrogen) atoms. The van der Waals surface area contributed by atoms with Crippen molar-refractivity contribution < 1.29 is 18.7 Å². The fourth-order valence-corrected chi connectivity index (χ4v) is 4.18. The highest BCUT2D eigenvalue weighted by atomic mass is 16.5. The van der Waals surface area contributed by atoms with Gasteiger partial charge in [-0.15, -0.1) is 0 Å². The molecule has 2 aliphatic heterocycles. The van der Waals surface area contributed by atoms with Crippen LogP contribution in [0.25, 0.3) is 0 Å². The molecule has 0 bridgehead atoms. The summed E-state index contributed by atoms with van der Waals surface area (Å²) in [4.78, 5) is 29.3. The van der Waals surface area contributed by atoms with Gasteiger partial charge in [0.15, 0.2) is 0 Å². The molecule has 3 rings (SSSR count). The van der Waals surface area contributed by atoms with E-state index in [1.807, 2.05) is 11.8 Å². The van der Waals surface area contributed by atoms with Crippen LogP contribution >= 0.6 is 0 Å². The number of carbonyl (C=O) groups is 2. The third-order valence-electron chi connectivity index (χ3n) is 5.79. The zero-order chi connectivity index (χ0) is 19.2. The second-order valence-electron chi connectivity index (χ2n) is 7.53. The van der Waals surface area contributed by atoms with Gasteiger partial charge in [-0.1, -0.05) is 0 Å². The van der Waals surface area contributed by atoms with Gasteiger partial charge in [0.25, 0.3) is 5.91 Å². The second kappa shape index (κ2) is 9.37. The smallest absolute Gasteiger partial charge is 0.257 e. The van der Waals surface area contributed by atoms with Gasteiger partial charge in [-0.2, -0.15) is 0 Å². The number of piperidine rings is 2. The van der Waals surface area contributed by atoms with Gasteiger partial charge in [-0.25, -0.2) is 0 Å². The molecule has 1 unspecified atom stereocenters. The maximum atomic E-state index is 12.6. The zero-order valence-corrected chi connectivity index (χ0v) is 16.4. The number of ether oxygens (including phenoxy) is 1. The Labute approximate surface area is 161 Å². The Hall–Kier alpha value is -1.86. The monoisotopic (exact) mass is 377 g/mol. The Bertz CT molecular complexity index is 637. The first-order valence-corrected chi connectivity index (χ1v) is 9.94. The number of methoxy groups -OCH3 is 1. The molecule has 2 fully saturated rings. The summed E-state index contributed by atoms with van der Waals surface area (Å²) >= 11 is 0. The summed E-state index contributed by atoms with van der Waals surface area (Å²) in [6.07, 6.45) is 5.49. The number of aryl methyl sites for hydroxylation is 1. The summed E-state index contributed by atoms with van der Waals surface area (Å²) in [7, 11) is 1.64. The van der Waals surface area contributed by atoms with Crippen molar-refractivity contribution in [2.75, 3.05) is 46.4 Å². The van der Waals surface area contributed by atoms with E-state index in [1.165, 1.54) is 0 Å². The molecule has 1 aromatic heterocycles. The predicted molar refractivity (Wildman–Crippen MR) is 102 cm³/mol. The van der Waals surface area contributed by atoms with Crippen molar-refractivity contribution >= 4 is 11.8 Å². The second-order valence-corrected chi connectivity index (χ2v) is 7.53. The number of likely N-dealkylation sites (tertiary alicyclic amines) is 2. The van der Waals surface area contributed by atoms with Crippen LogP contribution in [0.1, 0.15) is 41.8 Å². The third-order valence-corrected chi connectivity index (χ3v) is 5.79. The summed E-state index contributed by atoms with van der Waals surface area (Å²) in [6, 6.07) is 2.20. The van der Waals surface area contributed by atoms with Crippen LogP contribution in [0, 0.1) is 12.8 Å². The molecule has 0 aliphatic carbocycles. The molecule has 0 saturated carbocycles. The van der Waals surface area contributed by atoms with E-state index in [9.17, 15) is 9.59 Å². The minimum atomic E-state index is 0.0591. The first-order valence-electron chi connectivity index (χ1n) is 9.94. The molecule has 2 amide bonds. The summed E-state index contributed by atoms with van der Waals surface area (Å²) < 4.78 is 10.3. The van der Waals surface area contributed by atoms with Crippen LogP contribution in [0.5, 0.6) is 0 Å². The lowest BCUT2D eigenvalue weighted by atomic mass is 9.93. The minimum absolute atomic E-state index is 0.0591. The Morgan fingerprint density at radius 2 is 2.04 bits per heavy atom. The van der Waals surface area contributed by atoms with Crippen LogP contribution in [0.3, 0.4) is 0 Å². The molecular formula is C20H31N3O4. The van der Waals surface area contributed by atoms with Crippen LogP contribution in [0.4, 0.5) is 0 Å². The molecule has 0 aromatic carbocycles. The van der Waals surface area contributed by atoms with Crippen LogP contribution < -0.4 is 5.32 Å². The standard InChI is InChI=1S/C20H31N3O4/c1-15-18(7-12-27-15)20(25)22-10-5-17(6-11-22)23-9-3-4-16(14-23)19(24)21-8-13-26-2/h7,12,16-17H,3-6,8-11,13-14H2,1-2H3,(H,21,24). The van der Waals surface area contributed by atoms with Gasteiger partial charge in [0.2, 0.25) is 5.91 Å². The van der Waals surface area contributed by atoms with E-state index in [4.69, 9.17) is 9.15 Å². The molecular weight excluding hydrogens is 346 g/mol. The Morgan fingerprint density at radius 1 is 1.26 bits per heavy atom. The number of furan rings is 1. The summed E-state index contributed by atoms with van der Waals surface area (Å²) in [5.41, 5.74) is 0.666. The number of amides is 2. The lowest BCUT2D eigenvalue weighted by Gasteiger charge is -2.42. The molecule has 0 radical (unpaired) electrons. The molecule has 2 saturated heterocycles. The number of hydrogen-bond acceptors (Lipinski definition) is 5. The molecule has 7 nitrogen and oxygen atoms in total. The summed E-state index contributed by atoms with van der Waals surface area (Å²) in [5, 5.41) is 2.97. The highest BCUT2D eigenvalue weighted by molar-refractivity contribution is 5.95. The average molecular weight is 377 g/mol. The average Bonchev–Trinajstić information content (AvgIpc) is 3.13. The van der Waals surface area contributed by atoms with Gasteiger partial charge in [-0.05, 0) is 45.2 Å². The van der Waals surface area contributed by atoms with Gasteiger partial charge in [0.1, 0.15) is 5.76 Å². The van der Waals surface area contributed by atoms with Gasteiger partial charge in [0.05, 0.1) is 24.4 Å². The van der Waals surface area contributed by atoms with E-state index >= 15 is 0 Å². The van der Waals surface area contributed by atoms with E-state index in [0.29, 0.717) is 30.5 Å². The zero-order valence-electron chi connectivity index (χ0n) is 16.4. The molecule has 2 aliphatic rings. The van der Waals surface area contributed by atoms with Crippen LogP contribution in [0.2, 0.25) is 0 Å². The van der Waals surface area contributed by atoms with Crippen molar-refractivity contribution in [3.8, 4) is 0 Å². The fraction of sp³-hybridized carbons (Fsp3) is 0.700. The van der Waals surface area contributed by atoms with Crippen LogP contribution in [-0.2, 0) is 9.53 Å². The first-order chi connectivity index (χ1) is 13.1. The molecule has 1 atom stereocenters. The summed E-state index contributed by atoms with van der Waals surface area (Å²) in [5.74, 6) is 0.942. The lowest BCUT2D eigenvalue weighted by Crippen LogP contribution is -2.51. The highest BCUT2D eigenvalue weighted by Crippen LogP contribution is 2.25. The highest BCUT2D eigenvalue weighted by Gasteiger charge is 2.33. The van der Waals surface area contributed by atoms with E-state index in [2.05, 4.69) is 10.2 Å². The van der Waals surface area contributed by atoms with E-state index in [0.717, 1.165) is 51.9 Å². The minimum Gasteiger partial charge on any atom is -0.469 e. The SMILES string of the molecule is COCCNC(=O)C1CCCN(C2CCN(C(=O)c3ccoc3C)CC2)C1. The molecule has 1 N–H and O–H groups in total. The van der Waals surface area contributed by atoms with Gasteiger partial charge < -0.3 is 19.4 Å². The maximum Gasteiger partial charge on any atom is 0.257 e. The Morgan fingerprint density at radius 3 is 2.70 bits per heavy atom. The number of nitrogens with zero attached hydrogens (tertiary/aromatic N) is 2. The van der Waals surface area contributed by atoms with Crippen molar-refractivity contribution in [3.63, 3.8) is 0 Å². The maximum absolute atomic E-state index is 12.6. The van der Waals surface area contributed by atoms with Gasteiger partial charge in [-0.3, -0.25) is 14.5 Å². The van der Waals surface area contributed by atoms with Crippen molar-refractivity contribution in [1.29, 1.82) is 0 Å². The normalized spacial score (nSPS) is 22.0. The third kappa shape index (κ3) is 4.90. The van der Waals surface area contributed by atoms with Crippen molar-refractivity contribution in [2.24, 2.45) is 5.92 Å². The topological polar surface area (TPSA) is 75.0 Å². The summed E-state index contributed by atoms with van der Waals surface area (Å²) in [6.45, 7) is 6.32. The Kier molecular flexibility index (Phi) is 6.90. The van der Waals surface area contributed by atoms with Gasteiger partial charge >= 0.3 is 0 Å². The number of hydrogen-bond donors (Lipinski definition) is 1. The van der Waals surface area contributed by atoms with Crippen molar-refractivity contribution in [3.05, 3.63) is 23.7 Å². The first kappa shape index (κ1) is 19.9. The lowest BCUT2D eigenvalue weighted by molar-refractivity contribution is -0.127. The predicted octanol–water partition coefficient (Wildman–Crippen LogP) is 1.67. The molecule has 1 aromatic rings. The van der Waals surface area contributed by atoms with Gasteiger partial charge in [0, 0.05) is 39.3 Å². The quantitative estimate of drug-likeness (QED) is 0.764. The van der Waals surface area contributed by atoms with Crippen molar-refractivity contribution in [2.45, 2.75) is 38.6 Å².